The maximum Gasteiger partial charge on any atom is 0.260 e. The third-order valence-corrected chi connectivity index (χ3v) is 3.57. The molecule has 0 spiro atoms. The number of amides is 1. The van der Waals surface area contributed by atoms with Crippen LogP contribution in [-0.4, -0.2) is 25.2 Å². The fourth-order valence-corrected chi connectivity index (χ4v) is 2.38. The number of carbonyl (C=O) groups is 1. The van der Waals surface area contributed by atoms with Crippen LogP contribution in [0.4, 0.5) is 0 Å². The summed E-state index contributed by atoms with van der Waals surface area (Å²) < 4.78 is 11.3. The molecule has 0 bridgehead atoms. The van der Waals surface area contributed by atoms with Gasteiger partial charge in [0, 0.05) is 0 Å². The molecular weight excluding hydrogens is 302 g/mol. The van der Waals surface area contributed by atoms with Gasteiger partial charge in [-0.05, 0) is 63.1 Å². The average molecular weight is 327 g/mol. The van der Waals surface area contributed by atoms with Crippen LogP contribution in [0.3, 0.4) is 0 Å². The van der Waals surface area contributed by atoms with Crippen molar-refractivity contribution in [2.75, 3.05) is 13.2 Å². The summed E-state index contributed by atoms with van der Waals surface area (Å²) in [6.45, 7) is 8.65. The second-order valence-corrected chi connectivity index (χ2v) is 6.04. The lowest BCUT2D eigenvalue weighted by Crippen LogP contribution is -2.38. The molecular formula is C20H25NO3. The Kier molecular flexibility index (Phi) is 6.24. The lowest BCUT2D eigenvalue weighted by atomic mass is 10.1. The van der Waals surface area contributed by atoms with Crippen molar-refractivity contribution >= 4 is 5.91 Å². The molecule has 2 aromatic carbocycles. The van der Waals surface area contributed by atoms with Crippen LogP contribution in [0.15, 0.2) is 42.5 Å². The zero-order chi connectivity index (χ0) is 17.5. The van der Waals surface area contributed by atoms with Crippen LogP contribution < -0.4 is 14.8 Å². The molecule has 0 aliphatic heterocycles. The fourth-order valence-electron chi connectivity index (χ4n) is 2.38. The van der Waals surface area contributed by atoms with Crippen LogP contribution >= 0.6 is 0 Å². The van der Waals surface area contributed by atoms with Crippen molar-refractivity contribution < 1.29 is 14.3 Å². The highest BCUT2D eigenvalue weighted by Gasteiger charge is 2.14. The molecule has 0 aliphatic carbocycles. The summed E-state index contributed by atoms with van der Waals surface area (Å²) in [5, 5.41) is 2.82. The zero-order valence-corrected chi connectivity index (χ0v) is 14.8. The molecule has 2 aromatic rings. The Balaban J connectivity index is 1.74. The van der Waals surface area contributed by atoms with E-state index in [0.29, 0.717) is 18.9 Å². The minimum Gasteiger partial charge on any atom is -0.492 e. The molecule has 0 saturated carbocycles. The molecule has 0 radical (unpaired) electrons. The molecule has 0 unspecified atom stereocenters. The van der Waals surface area contributed by atoms with Gasteiger partial charge in [-0.1, -0.05) is 23.8 Å². The Hall–Kier alpha value is -2.49. The van der Waals surface area contributed by atoms with Crippen molar-refractivity contribution in [1.82, 2.24) is 5.32 Å². The first kappa shape index (κ1) is 17.9. The van der Waals surface area contributed by atoms with Gasteiger partial charge in [-0.25, -0.2) is 0 Å². The van der Waals surface area contributed by atoms with Gasteiger partial charge in [0.1, 0.15) is 18.1 Å². The van der Waals surface area contributed by atoms with Crippen molar-refractivity contribution in [2.45, 2.75) is 33.8 Å². The Morgan fingerprint density at radius 3 is 2.21 bits per heavy atom. The molecule has 1 atom stereocenters. The summed E-state index contributed by atoms with van der Waals surface area (Å²) in [7, 11) is 0. The molecule has 24 heavy (non-hydrogen) atoms. The highest BCUT2D eigenvalue weighted by atomic mass is 16.5. The quantitative estimate of drug-likeness (QED) is 0.791. The van der Waals surface area contributed by atoms with E-state index < -0.39 is 6.10 Å². The number of carbonyl (C=O) groups excluding carboxylic acids is 1. The first-order valence-corrected chi connectivity index (χ1v) is 8.16. The standard InChI is InChI=1S/C20H25NO3/c1-14-5-7-18(8-6-14)23-10-9-21-20(22)17(4)24-19-12-15(2)11-16(3)13-19/h5-8,11-13,17H,9-10H2,1-4H3,(H,21,22)/t17-/m0/s1. The number of rotatable bonds is 7. The summed E-state index contributed by atoms with van der Waals surface area (Å²) in [5.74, 6) is 1.36. The molecule has 1 amide bonds. The Morgan fingerprint density at radius 2 is 1.58 bits per heavy atom. The third kappa shape index (κ3) is 5.61. The van der Waals surface area contributed by atoms with Crippen LogP contribution in [-0.2, 0) is 4.79 Å². The number of benzene rings is 2. The lowest BCUT2D eigenvalue weighted by Gasteiger charge is -2.16. The number of hydrogen-bond acceptors (Lipinski definition) is 3. The second kappa shape index (κ2) is 8.39. The normalized spacial score (nSPS) is 11.7. The third-order valence-electron chi connectivity index (χ3n) is 3.57. The summed E-state index contributed by atoms with van der Waals surface area (Å²) in [4.78, 5) is 12.1. The predicted molar refractivity (Wildman–Crippen MR) is 95.7 cm³/mol. The van der Waals surface area contributed by atoms with Crippen LogP contribution in [0.2, 0.25) is 0 Å². The summed E-state index contributed by atoms with van der Waals surface area (Å²) >= 11 is 0. The van der Waals surface area contributed by atoms with E-state index in [0.717, 1.165) is 16.9 Å². The summed E-state index contributed by atoms with van der Waals surface area (Å²) in [6, 6.07) is 13.8. The van der Waals surface area contributed by atoms with E-state index in [1.54, 1.807) is 6.92 Å². The van der Waals surface area contributed by atoms with Gasteiger partial charge in [0.2, 0.25) is 0 Å². The van der Waals surface area contributed by atoms with Gasteiger partial charge in [-0.15, -0.1) is 0 Å². The van der Waals surface area contributed by atoms with Crippen molar-refractivity contribution in [3.63, 3.8) is 0 Å². The van der Waals surface area contributed by atoms with Gasteiger partial charge in [0.15, 0.2) is 6.10 Å². The Bertz CT molecular complexity index is 660. The second-order valence-electron chi connectivity index (χ2n) is 6.04. The SMILES string of the molecule is Cc1ccc(OCCNC(=O)[C@H](C)Oc2cc(C)cc(C)c2)cc1. The summed E-state index contributed by atoms with van der Waals surface area (Å²) in [6.07, 6.45) is -0.550. The molecule has 0 saturated heterocycles. The molecule has 0 aromatic heterocycles. The first-order valence-electron chi connectivity index (χ1n) is 8.16. The largest absolute Gasteiger partial charge is 0.492 e. The molecule has 2 rings (SSSR count). The lowest BCUT2D eigenvalue weighted by molar-refractivity contribution is -0.127. The van der Waals surface area contributed by atoms with Crippen LogP contribution in [0.5, 0.6) is 11.5 Å². The topological polar surface area (TPSA) is 47.6 Å². The van der Waals surface area contributed by atoms with E-state index in [2.05, 4.69) is 11.4 Å². The molecule has 128 valence electrons. The van der Waals surface area contributed by atoms with Crippen LogP contribution in [0.1, 0.15) is 23.6 Å². The van der Waals surface area contributed by atoms with Gasteiger partial charge in [0.05, 0.1) is 6.54 Å². The van der Waals surface area contributed by atoms with Crippen molar-refractivity contribution in [3.8, 4) is 11.5 Å². The van der Waals surface area contributed by atoms with E-state index in [4.69, 9.17) is 9.47 Å². The highest BCUT2D eigenvalue weighted by Crippen LogP contribution is 2.17. The minimum absolute atomic E-state index is 0.151. The van der Waals surface area contributed by atoms with Crippen LogP contribution in [0, 0.1) is 20.8 Å². The van der Waals surface area contributed by atoms with Crippen molar-refractivity contribution in [3.05, 3.63) is 59.2 Å². The number of ether oxygens (including phenoxy) is 2. The Labute approximate surface area is 143 Å². The predicted octanol–water partition coefficient (Wildman–Crippen LogP) is 3.57. The molecule has 0 fully saturated rings. The van der Waals surface area contributed by atoms with Gasteiger partial charge in [-0.2, -0.15) is 0 Å². The zero-order valence-electron chi connectivity index (χ0n) is 14.8. The van der Waals surface area contributed by atoms with E-state index in [9.17, 15) is 4.79 Å². The number of nitrogens with one attached hydrogen (secondary N) is 1. The first-order chi connectivity index (χ1) is 11.4. The van der Waals surface area contributed by atoms with Crippen molar-refractivity contribution in [1.29, 1.82) is 0 Å². The molecule has 4 heteroatoms. The molecule has 0 heterocycles. The monoisotopic (exact) mass is 327 g/mol. The fraction of sp³-hybridized carbons (Fsp3) is 0.350. The highest BCUT2D eigenvalue weighted by molar-refractivity contribution is 5.80. The van der Waals surface area contributed by atoms with Gasteiger partial charge in [0.25, 0.3) is 5.91 Å². The van der Waals surface area contributed by atoms with Gasteiger partial charge >= 0.3 is 0 Å². The van der Waals surface area contributed by atoms with E-state index >= 15 is 0 Å². The number of aryl methyl sites for hydroxylation is 3. The maximum atomic E-state index is 12.1. The molecule has 0 aliphatic rings. The van der Waals surface area contributed by atoms with Crippen LogP contribution in [0.25, 0.3) is 0 Å². The molecule has 4 nitrogen and oxygen atoms in total. The van der Waals surface area contributed by atoms with Gasteiger partial charge < -0.3 is 14.8 Å². The average Bonchev–Trinajstić information content (AvgIpc) is 2.52. The summed E-state index contributed by atoms with van der Waals surface area (Å²) in [5.41, 5.74) is 3.42. The van der Waals surface area contributed by atoms with E-state index in [1.165, 1.54) is 5.56 Å². The van der Waals surface area contributed by atoms with Crippen molar-refractivity contribution in [2.24, 2.45) is 0 Å². The smallest absolute Gasteiger partial charge is 0.260 e. The minimum atomic E-state index is -0.550. The molecule has 1 N–H and O–H groups in total. The Morgan fingerprint density at radius 1 is 0.958 bits per heavy atom. The maximum absolute atomic E-state index is 12.1. The number of hydrogen-bond donors (Lipinski definition) is 1. The van der Waals surface area contributed by atoms with E-state index in [-0.39, 0.29) is 5.91 Å². The van der Waals surface area contributed by atoms with E-state index in [1.807, 2.05) is 57.2 Å². The van der Waals surface area contributed by atoms with Gasteiger partial charge in [-0.3, -0.25) is 4.79 Å².